The number of ether oxygens (including phenoxy) is 1. The molecule has 0 unspecified atom stereocenters. The summed E-state index contributed by atoms with van der Waals surface area (Å²) in [5, 5.41) is 0. The molecule has 2 bridgehead atoms. The second-order valence-corrected chi connectivity index (χ2v) is 8.58. The molecule has 1 aromatic rings. The van der Waals surface area contributed by atoms with Crippen molar-refractivity contribution in [3.05, 3.63) is 29.3 Å². The molecule has 2 saturated heterocycles. The van der Waals surface area contributed by atoms with E-state index in [4.69, 9.17) is 10.5 Å². The van der Waals surface area contributed by atoms with Crippen molar-refractivity contribution in [2.75, 3.05) is 25.4 Å². The molecule has 1 saturated carbocycles. The van der Waals surface area contributed by atoms with Crippen molar-refractivity contribution in [1.82, 2.24) is 4.90 Å². The molecule has 24 heavy (non-hydrogen) atoms. The van der Waals surface area contributed by atoms with E-state index < -0.39 is 0 Å². The molecule has 3 heteroatoms. The van der Waals surface area contributed by atoms with E-state index in [-0.39, 0.29) is 0 Å². The highest BCUT2D eigenvalue weighted by molar-refractivity contribution is 5.51. The summed E-state index contributed by atoms with van der Waals surface area (Å²) in [4.78, 5) is 2.80. The molecule has 2 aliphatic carbocycles. The monoisotopic (exact) mass is 326 g/mol. The number of piperidine rings is 1. The second kappa shape index (κ2) is 5.74. The van der Waals surface area contributed by atoms with Crippen LogP contribution in [0.25, 0.3) is 0 Å². The summed E-state index contributed by atoms with van der Waals surface area (Å²) in [7, 11) is 0. The minimum Gasteiger partial charge on any atom is -0.399 e. The fourth-order valence-electron chi connectivity index (χ4n) is 6.38. The Labute approximate surface area is 145 Å². The second-order valence-electron chi connectivity index (χ2n) is 8.58. The van der Waals surface area contributed by atoms with Crippen molar-refractivity contribution in [3.8, 4) is 0 Å². The van der Waals surface area contributed by atoms with Crippen LogP contribution >= 0.6 is 0 Å². The Morgan fingerprint density at radius 1 is 1.17 bits per heavy atom. The molecule has 2 aliphatic heterocycles. The zero-order valence-corrected chi connectivity index (χ0v) is 14.7. The molecule has 0 radical (unpaired) electrons. The van der Waals surface area contributed by atoms with Crippen LogP contribution in [0.2, 0.25) is 0 Å². The standard InChI is InChI=1S/C21H30N2O/c22-16-7-6-15-12-20-18-5-1-2-8-21(18,19(15)13-16)9-10-23(20)14-17-4-3-11-24-17/h6-7,13,17-18,20H,1-5,8-12,14,22H2/t17-,18-,20+,21+/m0/s1. The van der Waals surface area contributed by atoms with Crippen molar-refractivity contribution in [2.45, 2.75) is 68.9 Å². The van der Waals surface area contributed by atoms with Gasteiger partial charge in [-0.05, 0) is 74.2 Å². The average Bonchev–Trinajstić information content (AvgIpc) is 3.11. The average molecular weight is 326 g/mol. The van der Waals surface area contributed by atoms with E-state index in [1.807, 2.05) is 0 Å². The van der Waals surface area contributed by atoms with Crippen LogP contribution in [0.5, 0.6) is 0 Å². The zero-order valence-electron chi connectivity index (χ0n) is 14.7. The minimum atomic E-state index is 0.416. The highest BCUT2D eigenvalue weighted by Gasteiger charge is 2.53. The predicted octanol–water partition coefficient (Wildman–Crippen LogP) is 3.51. The van der Waals surface area contributed by atoms with Gasteiger partial charge in [-0.1, -0.05) is 18.9 Å². The van der Waals surface area contributed by atoms with E-state index in [0.29, 0.717) is 11.5 Å². The Morgan fingerprint density at radius 3 is 3.00 bits per heavy atom. The first-order valence-electron chi connectivity index (χ1n) is 10.0. The smallest absolute Gasteiger partial charge is 0.0702 e. The van der Waals surface area contributed by atoms with Gasteiger partial charge < -0.3 is 10.5 Å². The molecule has 0 aromatic heterocycles. The SMILES string of the molecule is Nc1ccc2c(c1)[C@@]13CCCC[C@H]1[C@@H](C2)N(C[C@@H]1CCCO1)CC3. The van der Waals surface area contributed by atoms with Crippen molar-refractivity contribution < 1.29 is 4.74 Å². The molecule has 0 amide bonds. The van der Waals surface area contributed by atoms with Crippen LogP contribution in [0, 0.1) is 5.92 Å². The first kappa shape index (κ1) is 15.2. The van der Waals surface area contributed by atoms with Crippen LogP contribution in [0.3, 0.4) is 0 Å². The lowest BCUT2D eigenvalue weighted by molar-refractivity contribution is -0.0346. The van der Waals surface area contributed by atoms with Gasteiger partial charge in [0.05, 0.1) is 6.10 Å². The van der Waals surface area contributed by atoms with E-state index in [1.165, 1.54) is 57.9 Å². The van der Waals surface area contributed by atoms with E-state index in [1.54, 1.807) is 11.1 Å². The van der Waals surface area contributed by atoms with Crippen LogP contribution in [-0.4, -0.2) is 36.7 Å². The Morgan fingerprint density at radius 2 is 2.12 bits per heavy atom. The van der Waals surface area contributed by atoms with Gasteiger partial charge in [0.2, 0.25) is 0 Å². The van der Waals surface area contributed by atoms with Crippen LogP contribution in [0.15, 0.2) is 18.2 Å². The minimum absolute atomic E-state index is 0.416. The largest absolute Gasteiger partial charge is 0.399 e. The van der Waals surface area contributed by atoms with Crippen molar-refractivity contribution in [2.24, 2.45) is 5.92 Å². The number of rotatable bonds is 2. The van der Waals surface area contributed by atoms with Crippen LogP contribution in [0.1, 0.15) is 56.1 Å². The first-order chi connectivity index (χ1) is 11.8. The van der Waals surface area contributed by atoms with Crippen LogP contribution in [-0.2, 0) is 16.6 Å². The van der Waals surface area contributed by atoms with Crippen molar-refractivity contribution in [3.63, 3.8) is 0 Å². The highest BCUT2D eigenvalue weighted by atomic mass is 16.5. The van der Waals surface area contributed by atoms with Gasteiger partial charge >= 0.3 is 0 Å². The summed E-state index contributed by atoms with van der Waals surface area (Å²) in [6, 6.07) is 7.47. The molecule has 5 rings (SSSR count). The summed E-state index contributed by atoms with van der Waals surface area (Å²) >= 11 is 0. The van der Waals surface area contributed by atoms with E-state index in [0.717, 1.165) is 30.8 Å². The number of nitrogens with two attached hydrogens (primary N) is 1. The quantitative estimate of drug-likeness (QED) is 0.845. The summed E-state index contributed by atoms with van der Waals surface area (Å²) in [6.07, 6.45) is 11.1. The molecule has 1 aromatic carbocycles. The van der Waals surface area contributed by atoms with Gasteiger partial charge in [0.15, 0.2) is 0 Å². The van der Waals surface area contributed by atoms with Gasteiger partial charge in [0.1, 0.15) is 0 Å². The number of anilines is 1. The number of hydrogen-bond donors (Lipinski definition) is 1. The molecular formula is C21H30N2O. The Balaban J connectivity index is 1.51. The molecule has 2 N–H and O–H groups in total. The lowest BCUT2D eigenvalue weighted by atomic mass is 9.52. The fourth-order valence-corrected chi connectivity index (χ4v) is 6.38. The number of fused-ring (bicyclic) bond motifs is 1. The number of nitrogens with zero attached hydrogens (tertiary/aromatic N) is 1. The predicted molar refractivity (Wildman–Crippen MR) is 97.1 cm³/mol. The maximum absolute atomic E-state index is 6.18. The molecule has 130 valence electrons. The summed E-state index contributed by atoms with van der Waals surface area (Å²) in [6.45, 7) is 3.37. The maximum atomic E-state index is 6.18. The number of hydrogen-bond acceptors (Lipinski definition) is 3. The Hall–Kier alpha value is -1.06. The van der Waals surface area contributed by atoms with E-state index >= 15 is 0 Å². The third-order valence-corrected chi connectivity index (χ3v) is 7.44. The molecule has 3 fully saturated rings. The Bertz CT molecular complexity index is 624. The zero-order chi connectivity index (χ0) is 16.1. The fraction of sp³-hybridized carbons (Fsp3) is 0.714. The molecule has 2 heterocycles. The number of benzene rings is 1. The lowest BCUT2D eigenvalue weighted by Crippen LogP contribution is -2.61. The lowest BCUT2D eigenvalue weighted by Gasteiger charge is -2.59. The van der Waals surface area contributed by atoms with E-state index in [9.17, 15) is 0 Å². The van der Waals surface area contributed by atoms with Gasteiger partial charge in [-0.25, -0.2) is 0 Å². The molecule has 0 spiro atoms. The molecular weight excluding hydrogens is 296 g/mol. The number of nitrogen functional groups attached to an aromatic ring is 1. The van der Waals surface area contributed by atoms with Gasteiger partial charge in [0, 0.05) is 30.3 Å². The molecule has 3 nitrogen and oxygen atoms in total. The van der Waals surface area contributed by atoms with Crippen molar-refractivity contribution in [1.29, 1.82) is 0 Å². The van der Waals surface area contributed by atoms with Gasteiger partial charge in [-0.2, -0.15) is 0 Å². The molecule has 4 aliphatic rings. The number of likely N-dealkylation sites (tertiary alicyclic amines) is 1. The van der Waals surface area contributed by atoms with Crippen LogP contribution in [0.4, 0.5) is 5.69 Å². The maximum Gasteiger partial charge on any atom is 0.0702 e. The normalized spacial score (nSPS) is 38.6. The topological polar surface area (TPSA) is 38.5 Å². The van der Waals surface area contributed by atoms with Gasteiger partial charge in [-0.3, -0.25) is 4.90 Å². The third kappa shape index (κ3) is 2.24. The summed E-state index contributed by atoms with van der Waals surface area (Å²) in [5.74, 6) is 0.829. The molecule has 4 atom stereocenters. The van der Waals surface area contributed by atoms with Gasteiger partial charge in [-0.15, -0.1) is 0 Å². The third-order valence-electron chi connectivity index (χ3n) is 7.44. The van der Waals surface area contributed by atoms with Crippen LogP contribution < -0.4 is 5.73 Å². The van der Waals surface area contributed by atoms with Gasteiger partial charge in [0.25, 0.3) is 0 Å². The Kier molecular flexibility index (Phi) is 3.64. The summed E-state index contributed by atoms with van der Waals surface area (Å²) < 4.78 is 5.95. The summed E-state index contributed by atoms with van der Waals surface area (Å²) in [5.41, 5.74) is 10.7. The first-order valence-corrected chi connectivity index (χ1v) is 10.0. The van der Waals surface area contributed by atoms with E-state index in [2.05, 4.69) is 23.1 Å². The van der Waals surface area contributed by atoms with Crippen molar-refractivity contribution >= 4 is 5.69 Å². The highest BCUT2D eigenvalue weighted by Crippen LogP contribution is 2.56.